The number of nitrogens with zero attached hydrogens (tertiary/aromatic N) is 3. The standard InChI is InChI=1S/C22H24N4O3S/c1-13-4-3-5-16(10-13)23-22(27)18-11-19(15-6-7-15)24-21-20(18)14(2)25-26(21)17-8-9-30(28,29)12-17/h3-5,10-11,15,17H,6-9,12H2,1-2H3,(H,23,27). The zero-order valence-electron chi connectivity index (χ0n) is 17.1. The van der Waals surface area contributed by atoms with Gasteiger partial charge in [0.1, 0.15) is 0 Å². The van der Waals surface area contributed by atoms with E-state index in [0.717, 1.165) is 29.8 Å². The lowest BCUT2D eigenvalue weighted by molar-refractivity contribution is 0.102. The molecule has 0 radical (unpaired) electrons. The molecule has 1 N–H and O–H groups in total. The summed E-state index contributed by atoms with van der Waals surface area (Å²) in [6.45, 7) is 3.83. The van der Waals surface area contributed by atoms with Crippen molar-refractivity contribution < 1.29 is 13.2 Å². The van der Waals surface area contributed by atoms with Crippen LogP contribution < -0.4 is 5.32 Å². The van der Waals surface area contributed by atoms with E-state index >= 15 is 0 Å². The molecule has 2 aromatic heterocycles. The monoisotopic (exact) mass is 424 g/mol. The third-order valence-electron chi connectivity index (χ3n) is 5.93. The SMILES string of the molecule is Cc1cccc(NC(=O)c2cc(C3CC3)nc3c2c(C)nn3C2CCS(=O)(=O)C2)c1. The van der Waals surface area contributed by atoms with Gasteiger partial charge in [-0.15, -0.1) is 0 Å². The van der Waals surface area contributed by atoms with Crippen LogP contribution in [-0.4, -0.2) is 40.6 Å². The lowest BCUT2D eigenvalue weighted by atomic mass is 10.1. The summed E-state index contributed by atoms with van der Waals surface area (Å²) in [6.07, 6.45) is 2.64. The minimum absolute atomic E-state index is 0.0728. The Morgan fingerprint density at radius 2 is 1.97 bits per heavy atom. The quantitative estimate of drug-likeness (QED) is 0.691. The number of hydrogen-bond acceptors (Lipinski definition) is 5. The molecule has 1 aliphatic heterocycles. The number of aromatic nitrogens is 3. The minimum Gasteiger partial charge on any atom is -0.322 e. The number of carbonyl (C=O) groups excluding carboxylic acids is 1. The van der Waals surface area contributed by atoms with Crippen molar-refractivity contribution in [2.75, 3.05) is 16.8 Å². The Balaban J connectivity index is 1.61. The van der Waals surface area contributed by atoms with Gasteiger partial charge in [0, 0.05) is 17.3 Å². The Hall–Kier alpha value is -2.74. The number of nitrogens with one attached hydrogen (secondary N) is 1. The van der Waals surface area contributed by atoms with Crippen LogP contribution in [0.5, 0.6) is 0 Å². The molecule has 1 unspecified atom stereocenters. The zero-order valence-corrected chi connectivity index (χ0v) is 17.9. The van der Waals surface area contributed by atoms with E-state index in [2.05, 4.69) is 10.4 Å². The van der Waals surface area contributed by atoms with Crippen molar-refractivity contribution in [2.24, 2.45) is 0 Å². The first-order chi connectivity index (χ1) is 14.3. The topological polar surface area (TPSA) is 93.9 Å². The summed E-state index contributed by atoms with van der Waals surface area (Å²) < 4.78 is 25.8. The number of amides is 1. The molecule has 156 valence electrons. The first-order valence-corrected chi connectivity index (χ1v) is 12.1. The van der Waals surface area contributed by atoms with Gasteiger partial charge < -0.3 is 5.32 Å². The van der Waals surface area contributed by atoms with Crippen LogP contribution in [0.1, 0.15) is 58.5 Å². The fraction of sp³-hybridized carbons (Fsp3) is 0.409. The second kappa shape index (κ2) is 6.91. The largest absolute Gasteiger partial charge is 0.322 e. The van der Waals surface area contributed by atoms with Crippen LogP contribution >= 0.6 is 0 Å². The van der Waals surface area contributed by atoms with Crippen molar-refractivity contribution in [1.82, 2.24) is 14.8 Å². The van der Waals surface area contributed by atoms with Gasteiger partial charge in [0.15, 0.2) is 15.5 Å². The molecule has 2 fully saturated rings. The molecular weight excluding hydrogens is 400 g/mol. The maximum atomic E-state index is 13.2. The maximum Gasteiger partial charge on any atom is 0.256 e. The number of carbonyl (C=O) groups is 1. The van der Waals surface area contributed by atoms with Crippen molar-refractivity contribution in [3.63, 3.8) is 0 Å². The highest BCUT2D eigenvalue weighted by molar-refractivity contribution is 7.91. The second-order valence-corrected chi connectivity index (χ2v) is 10.7. The molecule has 1 saturated carbocycles. The highest BCUT2D eigenvalue weighted by Crippen LogP contribution is 2.41. The molecule has 3 heterocycles. The van der Waals surface area contributed by atoms with Crippen molar-refractivity contribution in [1.29, 1.82) is 0 Å². The number of fused-ring (bicyclic) bond motifs is 1. The van der Waals surface area contributed by atoms with E-state index < -0.39 is 9.84 Å². The molecule has 0 spiro atoms. The van der Waals surface area contributed by atoms with E-state index in [1.165, 1.54) is 0 Å². The highest BCUT2D eigenvalue weighted by atomic mass is 32.2. The van der Waals surface area contributed by atoms with Crippen LogP contribution in [0.2, 0.25) is 0 Å². The fourth-order valence-corrected chi connectivity index (χ4v) is 5.94. The van der Waals surface area contributed by atoms with Crippen molar-refractivity contribution in [3.8, 4) is 0 Å². The summed E-state index contributed by atoms with van der Waals surface area (Å²) in [5.41, 5.74) is 4.56. The Morgan fingerprint density at radius 1 is 1.17 bits per heavy atom. The molecule has 8 heteroatoms. The molecule has 7 nitrogen and oxygen atoms in total. The molecule has 1 saturated heterocycles. The van der Waals surface area contributed by atoms with Gasteiger partial charge >= 0.3 is 0 Å². The number of hydrogen-bond donors (Lipinski definition) is 1. The van der Waals surface area contributed by atoms with Gasteiger partial charge in [-0.05, 0) is 56.9 Å². The molecular formula is C22H24N4O3S. The number of benzene rings is 1. The summed E-state index contributed by atoms with van der Waals surface area (Å²) >= 11 is 0. The first kappa shape index (κ1) is 19.2. The van der Waals surface area contributed by atoms with E-state index in [4.69, 9.17) is 4.98 Å². The van der Waals surface area contributed by atoms with E-state index in [1.807, 2.05) is 44.2 Å². The van der Waals surface area contributed by atoms with Crippen molar-refractivity contribution in [3.05, 3.63) is 52.8 Å². The maximum absolute atomic E-state index is 13.2. The second-order valence-electron chi connectivity index (χ2n) is 8.48. The van der Waals surface area contributed by atoms with Gasteiger partial charge in [-0.1, -0.05) is 12.1 Å². The van der Waals surface area contributed by atoms with Crippen molar-refractivity contribution in [2.45, 2.75) is 45.1 Å². The zero-order chi connectivity index (χ0) is 21.0. The van der Waals surface area contributed by atoms with Gasteiger partial charge in [0.05, 0.1) is 34.2 Å². The molecule has 2 aliphatic rings. The normalized spacial score (nSPS) is 20.5. The number of rotatable bonds is 4. The number of aryl methyl sites for hydroxylation is 2. The lowest BCUT2D eigenvalue weighted by Gasteiger charge is -2.12. The average molecular weight is 425 g/mol. The van der Waals surface area contributed by atoms with Crippen LogP contribution in [0.25, 0.3) is 11.0 Å². The van der Waals surface area contributed by atoms with Crippen LogP contribution in [0.4, 0.5) is 5.69 Å². The lowest BCUT2D eigenvalue weighted by Crippen LogP contribution is -2.15. The molecule has 1 amide bonds. The molecule has 1 aromatic carbocycles. The number of anilines is 1. The van der Waals surface area contributed by atoms with Gasteiger partial charge in [0.2, 0.25) is 0 Å². The van der Waals surface area contributed by atoms with Gasteiger partial charge in [-0.25, -0.2) is 18.1 Å². The molecule has 5 rings (SSSR count). The molecule has 1 atom stereocenters. The minimum atomic E-state index is -3.06. The molecule has 3 aromatic rings. The van der Waals surface area contributed by atoms with Crippen LogP contribution in [0, 0.1) is 13.8 Å². The summed E-state index contributed by atoms with van der Waals surface area (Å²) in [6, 6.07) is 9.33. The van der Waals surface area contributed by atoms with Crippen LogP contribution in [-0.2, 0) is 9.84 Å². The Bertz CT molecular complexity index is 1280. The van der Waals surface area contributed by atoms with Gasteiger partial charge in [0.25, 0.3) is 5.91 Å². The van der Waals surface area contributed by atoms with Gasteiger partial charge in [-0.2, -0.15) is 5.10 Å². The Kier molecular flexibility index (Phi) is 4.43. The van der Waals surface area contributed by atoms with E-state index in [0.29, 0.717) is 34.6 Å². The third-order valence-corrected chi connectivity index (χ3v) is 7.68. The molecule has 1 aliphatic carbocycles. The summed E-state index contributed by atoms with van der Waals surface area (Å²) in [7, 11) is -3.06. The summed E-state index contributed by atoms with van der Waals surface area (Å²) in [5.74, 6) is 0.400. The van der Waals surface area contributed by atoms with Crippen molar-refractivity contribution >= 4 is 32.5 Å². The summed E-state index contributed by atoms with van der Waals surface area (Å²) in [4.78, 5) is 18.1. The fourth-order valence-electron chi connectivity index (χ4n) is 4.24. The number of sulfone groups is 1. The van der Waals surface area contributed by atoms with Crippen LogP contribution in [0.15, 0.2) is 30.3 Å². The average Bonchev–Trinajstić information content (AvgIpc) is 3.41. The molecule has 0 bridgehead atoms. The number of pyridine rings is 1. The highest BCUT2D eigenvalue weighted by Gasteiger charge is 2.34. The molecule has 30 heavy (non-hydrogen) atoms. The Labute approximate surface area is 175 Å². The Morgan fingerprint density at radius 3 is 2.63 bits per heavy atom. The van der Waals surface area contributed by atoms with Gasteiger partial charge in [-0.3, -0.25) is 4.79 Å². The summed E-state index contributed by atoms with van der Waals surface area (Å²) in [5, 5.41) is 8.33. The predicted molar refractivity (Wildman–Crippen MR) is 116 cm³/mol. The van der Waals surface area contributed by atoms with Crippen LogP contribution in [0.3, 0.4) is 0 Å². The third kappa shape index (κ3) is 3.49. The predicted octanol–water partition coefficient (Wildman–Crippen LogP) is 3.54. The van der Waals surface area contributed by atoms with E-state index in [-0.39, 0.29) is 23.5 Å². The van der Waals surface area contributed by atoms with E-state index in [9.17, 15) is 13.2 Å². The first-order valence-electron chi connectivity index (χ1n) is 10.3. The van der Waals surface area contributed by atoms with E-state index in [1.54, 1.807) is 4.68 Å². The smallest absolute Gasteiger partial charge is 0.256 e.